The van der Waals surface area contributed by atoms with Crippen LogP contribution in [0.5, 0.6) is 0 Å². The van der Waals surface area contributed by atoms with Gasteiger partial charge in [-0.25, -0.2) is 0 Å². The number of aliphatic hydroxyl groups excluding tert-OH is 1. The van der Waals surface area contributed by atoms with Crippen LogP contribution in [0.2, 0.25) is 0 Å². The van der Waals surface area contributed by atoms with Crippen LogP contribution in [0.25, 0.3) is 0 Å². The Morgan fingerprint density at radius 1 is 1.79 bits per heavy atom. The molecule has 2 rings (SSSR count). The number of aliphatic hydroxyl groups is 1. The lowest BCUT2D eigenvalue weighted by atomic mass is 10.2. The highest BCUT2D eigenvalue weighted by molar-refractivity contribution is 5.03. The predicted octanol–water partition coefficient (Wildman–Crippen LogP) is -0.761. The van der Waals surface area contributed by atoms with Crippen LogP contribution >= 0.6 is 0 Å². The molecule has 1 aromatic heterocycles. The average Bonchev–Trinajstić information content (AvgIpc) is 2.86. The predicted molar refractivity (Wildman–Crippen MR) is 43.7 cm³/mol. The summed E-state index contributed by atoms with van der Waals surface area (Å²) in [4.78, 5) is 3.83. The molecule has 0 unspecified atom stereocenters. The largest absolute Gasteiger partial charge is 0.394 e. The number of H-pyrrole nitrogens is 1. The summed E-state index contributed by atoms with van der Waals surface area (Å²) >= 11 is 0. The lowest BCUT2D eigenvalue weighted by Crippen LogP contribution is -2.41. The van der Waals surface area contributed by atoms with E-state index in [2.05, 4.69) is 10.1 Å². The summed E-state index contributed by atoms with van der Waals surface area (Å²) in [5, 5.41) is 20.2. The minimum absolute atomic E-state index is 0.0380. The summed E-state index contributed by atoms with van der Waals surface area (Å²) in [5.41, 5.74) is 0. The number of ether oxygens (including phenoxy) is 1. The summed E-state index contributed by atoms with van der Waals surface area (Å²) < 4.78 is 7.13. The molecule has 0 aliphatic carbocycles. The number of nitrogens with zero attached hydrogens (tertiary/aromatic N) is 3. The van der Waals surface area contributed by atoms with Crippen LogP contribution in [0.1, 0.15) is 24.9 Å². The summed E-state index contributed by atoms with van der Waals surface area (Å²) in [7, 11) is 0. The molecule has 0 amide bonds. The maximum absolute atomic E-state index is 8.87. The third-order valence-corrected chi connectivity index (χ3v) is 2.25. The van der Waals surface area contributed by atoms with Crippen molar-refractivity contribution in [3.63, 3.8) is 0 Å². The van der Waals surface area contributed by atoms with Gasteiger partial charge in [-0.2, -0.15) is 10.4 Å². The van der Waals surface area contributed by atoms with Crippen molar-refractivity contribution in [2.24, 2.45) is 0 Å². The number of nitrogens with one attached hydrogen (secondary N) is 1. The second-order valence-electron chi connectivity index (χ2n) is 3.20. The van der Waals surface area contributed by atoms with E-state index < -0.39 is 0 Å². The van der Waals surface area contributed by atoms with Gasteiger partial charge in [-0.3, -0.25) is 0 Å². The van der Waals surface area contributed by atoms with Gasteiger partial charge >= 0.3 is 12.2 Å². The molecule has 14 heavy (non-hydrogen) atoms. The molecule has 1 aliphatic rings. The first-order chi connectivity index (χ1) is 6.83. The molecule has 2 heterocycles. The van der Waals surface area contributed by atoms with Gasteiger partial charge in [-0.15, -0.1) is 4.68 Å². The van der Waals surface area contributed by atoms with Gasteiger partial charge in [-0.1, -0.05) is 0 Å². The zero-order valence-electron chi connectivity index (χ0n) is 7.55. The zero-order chi connectivity index (χ0) is 9.97. The van der Waals surface area contributed by atoms with E-state index in [1.54, 1.807) is 4.68 Å². The lowest BCUT2D eigenvalue weighted by Gasteiger charge is -2.06. The van der Waals surface area contributed by atoms with E-state index in [1.165, 1.54) is 6.33 Å². The van der Waals surface area contributed by atoms with Gasteiger partial charge < -0.3 is 9.84 Å². The van der Waals surface area contributed by atoms with Crippen molar-refractivity contribution in [3.8, 4) is 6.07 Å². The molecule has 0 spiro atoms. The van der Waals surface area contributed by atoms with Crippen molar-refractivity contribution < 1.29 is 14.5 Å². The van der Waals surface area contributed by atoms with Gasteiger partial charge in [-0.05, 0) is 11.4 Å². The molecule has 1 saturated heterocycles. The first kappa shape index (κ1) is 9.12. The number of aromatic nitrogens is 3. The molecule has 1 fully saturated rings. The number of rotatable bonds is 2. The molecule has 2 atom stereocenters. The van der Waals surface area contributed by atoms with Gasteiger partial charge in [0.05, 0.1) is 12.7 Å². The van der Waals surface area contributed by atoms with Crippen LogP contribution < -0.4 is 4.68 Å². The van der Waals surface area contributed by atoms with Gasteiger partial charge in [0.25, 0.3) is 0 Å². The summed E-state index contributed by atoms with van der Waals surface area (Å²) in [6, 6.07) is 1.90. The fourth-order valence-electron chi connectivity index (χ4n) is 1.53. The Morgan fingerprint density at radius 2 is 2.64 bits per heavy atom. The minimum atomic E-state index is -0.137. The van der Waals surface area contributed by atoms with E-state index >= 15 is 0 Å². The summed E-state index contributed by atoms with van der Waals surface area (Å²) in [5.74, 6) is 0.265. The van der Waals surface area contributed by atoms with Crippen LogP contribution in [0.3, 0.4) is 0 Å². The highest BCUT2D eigenvalue weighted by atomic mass is 16.5. The Labute approximate surface area is 80.7 Å². The molecule has 0 aromatic carbocycles. The van der Waals surface area contributed by atoms with E-state index in [1.807, 2.05) is 6.07 Å². The van der Waals surface area contributed by atoms with Gasteiger partial charge in [0, 0.05) is 6.42 Å². The Bertz CT molecular complexity index is 356. The Hall–Kier alpha value is -1.45. The molecule has 74 valence electrons. The highest BCUT2D eigenvalue weighted by Crippen LogP contribution is 2.22. The molecular formula is C8H11N4O2+. The molecule has 6 heteroatoms. The number of nitriles is 1. The molecule has 6 nitrogen and oxygen atoms in total. The van der Waals surface area contributed by atoms with E-state index in [4.69, 9.17) is 15.1 Å². The minimum Gasteiger partial charge on any atom is -0.394 e. The normalized spacial score (nSPS) is 26.3. The van der Waals surface area contributed by atoms with Crippen molar-refractivity contribution in [1.82, 2.24) is 10.1 Å². The summed E-state index contributed by atoms with van der Waals surface area (Å²) in [6.45, 7) is 0.0380. The smallest absolute Gasteiger partial charge is 0.353 e. The Kier molecular flexibility index (Phi) is 2.43. The van der Waals surface area contributed by atoms with Crippen molar-refractivity contribution in [2.45, 2.75) is 25.2 Å². The lowest BCUT2D eigenvalue weighted by molar-refractivity contribution is -0.807. The Morgan fingerprint density at radius 3 is 3.21 bits per heavy atom. The topological polar surface area (TPSA) is 85.8 Å². The number of aromatic amines is 1. The average molecular weight is 195 g/mol. The van der Waals surface area contributed by atoms with E-state index in [0.29, 0.717) is 0 Å². The first-order valence-electron chi connectivity index (χ1n) is 4.46. The maximum atomic E-state index is 8.87. The monoisotopic (exact) mass is 195 g/mol. The molecule has 0 bridgehead atoms. The van der Waals surface area contributed by atoms with Crippen LogP contribution in [0.15, 0.2) is 6.33 Å². The number of hydrogen-bond donors (Lipinski definition) is 2. The van der Waals surface area contributed by atoms with Crippen molar-refractivity contribution in [1.29, 1.82) is 5.26 Å². The van der Waals surface area contributed by atoms with Crippen LogP contribution in [0, 0.1) is 11.3 Å². The zero-order valence-corrected chi connectivity index (χ0v) is 7.55. The molecule has 1 aliphatic heterocycles. The maximum Gasteiger partial charge on any atom is 0.353 e. The standard InChI is InChI=1S/C8H10N4O2/c9-3-7-10-5-12(11-7)8-2-1-6(4-13)14-8/h5-6,8,13H,1-2,4H2/p+1/t6-,8+/m0/s1. The van der Waals surface area contributed by atoms with Crippen molar-refractivity contribution >= 4 is 0 Å². The summed E-state index contributed by atoms with van der Waals surface area (Å²) in [6.07, 6.45) is 2.95. The van der Waals surface area contributed by atoms with E-state index in [0.717, 1.165) is 12.8 Å². The number of hydrogen-bond acceptors (Lipinski definition) is 4. The highest BCUT2D eigenvalue weighted by Gasteiger charge is 2.30. The van der Waals surface area contributed by atoms with Gasteiger partial charge in [0.1, 0.15) is 0 Å². The van der Waals surface area contributed by atoms with Crippen LogP contribution in [0.4, 0.5) is 0 Å². The third kappa shape index (κ3) is 1.60. The van der Waals surface area contributed by atoms with Crippen molar-refractivity contribution in [2.75, 3.05) is 6.61 Å². The second kappa shape index (κ2) is 3.74. The molecule has 0 saturated carbocycles. The van der Waals surface area contributed by atoms with Crippen LogP contribution in [-0.4, -0.2) is 27.9 Å². The van der Waals surface area contributed by atoms with Crippen molar-refractivity contribution in [3.05, 3.63) is 12.2 Å². The molecule has 1 aromatic rings. The fraction of sp³-hybridized carbons (Fsp3) is 0.625. The SMILES string of the molecule is N#Cc1nc[n+]([C@H]2CC[C@@H](CO)O2)[nH]1. The van der Waals surface area contributed by atoms with Crippen LogP contribution in [-0.2, 0) is 4.74 Å². The van der Waals surface area contributed by atoms with E-state index in [9.17, 15) is 0 Å². The molecular weight excluding hydrogens is 184 g/mol. The van der Waals surface area contributed by atoms with Gasteiger partial charge in [0.15, 0.2) is 6.07 Å². The van der Waals surface area contributed by atoms with Gasteiger partial charge in [0.2, 0.25) is 6.23 Å². The molecule has 2 N–H and O–H groups in total. The Balaban J connectivity index is 2.06. The second-order valence-corrected chi connectivity index (χ2v) is 3.20. The third-order valence-electron chi connectivity index (χ3n) is 2.25. The van der Waals surface area contributed by atoms with E-state index in [-0.39, 0.29) is 24.8 Å². The molecule has 0 radical (unpaired) electrons. The fourth-order valence-corrected chi connectivity index (χ4v) is 1.53. The quantitative estimate of drug-likeness (QED) is 0.607. The first-order valence-corrected chi connectivity index (χ1v) is 4.46.